The van der Waals surface area contributed by atoms with E-state index >= 15 is 0 Å². The van der Waals surface area contributed by atoms with Crippen molar-refractivity contribution in [1.82, 2.24) is 10.6 Å². The first-order chi connectivity index (χ1) is 16.8. The zero-order valence-electron chi connectivity index (χ0n) is 20.1. The molecule has 1 aliphatic carbocycles. The highest BCUT2D eigenvalue weighted by atomic mass is 16.5. The van der Waals surface area contributed by atoms with Crippen molar-refractivity contribution in [2.75, 3.05) is 19.8 Å². The molecule has 2 amide bonds. The summed E-state index contributed by atoms with van der Waals surface area (Å²) in [6.45, 7) is 3.96. The minimum absolute atomic E-state index is 0.00297. The standard InChI is InChI=1S/C27H32N2O6/c1-17(8-7-13-24(30)29-23-15-34-16-27(23,2)25(31)32)28-26(33)35-14-22-20-11-5-3-9-18(20)19-10-4-6-12-21(19)22/h3-6,9-12,17,22-23H,7-8,13-16H2,1-2H3,(H,28,33)(H,29,30)(H,31,32). The number of carboxylic acid groups (broad SMARTS) is 1. The van der Waals surface area contributed by atoms with Crippen LogP contribution < -0.4 is 10.6 Å². The van der Waals surface area contributed by atoms with Crippen LogP contribution in [-0.2, 0) is 19.1 Å². The summed E-state index contributed by atoms with van der Waals surface area (Å²) in [6.07, 6.45) is 0.899. The average molecular weight is 481 g/mol. The fraction of sp³-hybridized carbons (Fsp3) is 0.444. The zero-order chi connectivity index (χ0) is 25.0. The van der Waals surface area contributed by atoms with Crippen LogP contribution in [-0.4, -0.2) is 55.0 Å². The van der Waals surface area contributed by atoms with E-state index < -0.39 is 23.5 Å². The second-order valence-corrected chi connectivity index (χ2v) is 9.62. The fourth-order valence-corrected chi connectivity index (χ4v) is 4.83. The zero-order valence-corrected chi connectivity index (χ0v) is 20.1. The van der Waals surface area contributed by atoms with E-state index in [9.17, 15) is 19.5 Å². The molecule has 8 heteroatoms. The van der Waals surface area contributed by atoms with Crippen LogP contribution in [0.15, 0.2) is 48.5 Å². The van der Waals surface area contributed by atoms with E-state index in [1.54, 1.807) is 6.92 Å². The van der Waals surface area contributed by atoms with Gasteiger partial charge in [0.15, 0.2) is 0 Å². The first kappa shape index (κ1) is 24.7. The summed E-state index contributed by atoms with van der Waals surface area (Å²) >= 11 is 0. The molecular weight excluding hydrogens is 448 g/mol. The molecule has 1 fully saturated rings. The average Bonchev–Trinajstić information content (AvgIpc) is 3.36. The Labute approximate surface area is 205 Å². The first-order valence-electron chi connectivity index (χ1n) is 12.0. The monoisotopic (exact) mass is 480 g/mol. The summed E-state index contributed by atoms with van der Waals surface area (Å²) in [5, 5.41) is 15.0. The largest absolute Gasteiger partial charge is 0.481 e. The van der Waals surface area contributed by atoms with Crippen molar-refractivity contribution in [2.45, 2.75) is 51.1 Å². The number of alkyl carbamates (subject to hydrolysis) is 1. The minimum Gasteiger partial charge on any atom is -0.481 e. The van der Waals surface area contributed by atoms with Gasteiger partial charge < -0.3 is 25.2 Å². The summed E-state index contributed by atoms with van der Waals surface area (Å²) in [4.78, 5) is 36.2. The summed E-state index contributed by atoms with van der Waals surface area (Å²) in [5.74, 6) is -1.20. The predicted octanol–water partition coefficient (Wildman–Crippen LogP) is 3.69. The second kappa shape index (κ2) is 10.5. The van der Waals surface area contributed by atoms with Crippen LogP contribution in [0.2, 0.25) is 0 Å². The van der Waals surface area contributed by atoms with Gasteiger partial charge in [-0.25, -0.2) is 4.79 Å². The van der Waals surface area contributed by atoms with Crippen LogP contribution >= 0.6 is 0 Å². The Bertz CT molecular complexity index is 1060. The van der Waals surface area contributed by atoms with Gasteiger partial charge in [-0.2, -0.15) is 0 Å². The maximum Gasteiger partial charge on any atom is 0.407 e. The van der Waals surface area contributed by atoms with Crippen molar-refractivity contribution >= 4 is 18.0 Å². The Morgan fingerprint density at radius 2 is 1.74 bits per heavy atom. The van der Waals surface area contributed by atoms with Crippen molar-refractivity contribution in [1.29, 1.82) is 0 Å². The van der Waals surface area contributed by atoms with E-state index in [0.29, 0.717) is 12.8 Å². The first-order valence-corrected chi connectivity index (χ1v) is 12.0. The number of rotatable bonds is 9. The molecule has 1 saturated heterocycles. The molecule has 1 aliphatic heterocycles. The molecule has 2 aromatic rings. The van der Waals surface area contributed by atoms with Gasteiger partial charge >= 0.3 is 12.1 Å². The SMILES string of the molecule is CC(CCCC(=O)NC1COCC1(C)C(=O)O)NC(=O)OCC1c2ccccc2-c2ccccc21. The molecule has 8 nitrogen and oxygen atoms in total. The van der Waals surface area contributed by atoms with E-state index in [2.05, 4.69) is 34.9 Å². The van der Waals surface area contributed by atoms with Crippen LogP contribution in [0.25, 0.3) is 11.1 Å². The molecule has 0 spiro atoms. The molecule has 35 heavy (non-hydrogen) atoms. The minimum atomic E-state index is -1.12. The third-order valence-corrected chi connectivity index (χ3v) is 7.03. The number of carbonyl (C=O) groups excluding carboxylic acids is 2. The van der Waals surface area contributed by atoms with Crippen LogP contribution in [0.3, 0.4) is 0 Å². The highest BCUT2D eigenvalue weighted by Gasteiger charge is 2.47. The number of carbonyl (C=O) groups is 3. The molecule has 2 aromatic carbocycles. The quantitative estimate of drug-likeness (QED) is 0.504. The van der Waals surface area contributed by atoms with E-state index in [0.717, 1.165) is 11.1 Å². The molecule has 0 aromatic heterocycles. The predicted molar refractivity (Wildman–Crippen MR) is 130 cm³/mol. The Hall–Kier alpha value is -3.39. The number of ether oxygens (including phenoxy) is 2. The Kier molecular flexibility index (Phi) is 7.40. The number of hydrogen-bond acceptors (Lipinski definition) is 5. The summed E-state index contributed by atoms with van der Waals surface area (Å²) in [7, 11) is 0. The molecule has 0 bridgehead atoms. The maximum atomic E-state index is 12.4. The van der Waals surface area contributed by atoms with E-state index in [1.165, 1.54) is 11.1 Å². The smallest absolute Gasteiger partial charge is 0.407 e. The third-order valence-electron chi connectivity index (χ3n) is 7.03. The lowest BCUT2D eigenvalue weighted by Gasteiger charge is -2.25. The number of amides is 2. The van der Waals surface area contributed by atoms with E-state index in [1.807, 2.05) is 31.2 Å². The summed E-state index contributed by atoms with van der Waals surface area (Å²) in [6, 6.07) is 15.6. The summed E-state index contributed by atoms with van der Waals surface area (Å²) < 4.78 is 10.8. The lowest BCUT2D eigenvalue weighted by atomic mass is 9.85. The van der Waals surface area contributed by atoms with Crippen LogP contribution in [0.4, 0.5) is 4.79 Å². The van der Waals surface area contributed by atoms with Gasteiger partial charge in [-0.1, -0.05) is 48.5 Å². The number of fused-ring (bicyclic) bond motifs is 3. The molecule has 0 saturated carbocycles. The molecular formula is C27H32N2O6. The normalized spacial score (nSPS) is 21.6. The van der Waals surface area contributed by atoms with Gasteiger partial charge in [-0.05, 0) is 48.9 Å². The van der Waals surface area contributed by atoms with Gasteiger partial charge in [0.05, 0.1) is 19.3 Å². The highest BCUT2D eigenvalue weighted by molar-refractivity contribution is 5.80. The lowest BCUT2D eigenvalue weighted by Crippen LogP contribution is -2.49. The van der Waals surface area contributed by atoms with Gasteiger partial charge in [0.1, 0.15) is 12.0 Å². The van der Waals surface area contributed by atoms with Crippen LogP contribution in [0, 0.1) is 5.41 Å². The van der Waals surface area contributed by atoms with E-state index in [4.69, 9.17) is 9.47 Å². The van der Waals surface area contributed by atoms with Crippen molar-refractivity contribution in [2.24, 2.45) is 5.41 Å². The van der Waals surface area contributed by atoms with Crippen molar-refractivity contribution in [3.8, 4) is 11.1 Å². The molecule has 0 radical (unpaired) electrons. The van der Waals surface area contributed by atoms with Crippen molar-refractivity contribution in [3.63, 3.8) is 0 Å². The van der Waals surface area contributed by atoms with E-state index in [-0.39, 0.29) is 44.1 Å². The Balaban J connectivity index is 1.20. The number of benzene rings is 2. The van der Waals surface area contributed by atoms with Gasteiger partial charge in [-0.3, -0.25) is 9.59 Å². The molecule has 3 unspecified atom stereocenters. The topological polar surface area (TPSA) is 114 Å². The molecule has 3 atom stereocenters. The molecule has 186 valence electrons. The number of nitrogens with one attached hydrogen (secondary N) is 2. The van der Waals surface area contributed by atoms with Gasteiger partial charge in [0, 0.05) is 18.4 Å². The van der Waals surface area contributed by atoms with Gasteiger partial charge in [0.2, 0.25) is 5.91 Å². The third kappa shape index (κ3) is 5.32. The van der Waals surface area contributed by atoms with Crippen LogP contribution in [0.5, 0.6) is 0 Å². The molecule has 3 N–H and O–H groups in total. The number of aliphatic carboxylic acids is 1. The maximum absolute atomic E-state index is 12.4. The summed E-state index contributed by atoms with van der Waals surface area (Å²) in [5.41, 5.74) is 3.56. The van der Waals surface area contributed by atoms with Gasteiger partial charge in [-0.15, -0.1) is 0 Å². The molecule has 4 rings (SSSR count). The molecule has 2 aliphatic rings. The lowest BCUT2D eigenvalue weighted by molar-refractivity contribution is -0.149. The molecule has 1 heterocycles. The number of hydrogen-bond donors (Lipinski definition) is 3. The highest BCUT2D eigenvalue weighted by Crippen LogP contribution is 2.44. The van der Waals surface area contributed by atoms with Crippen LogP contribution in [0.1, 0.15) is 50.2 Å². The Morgan fingerprint density at radius 1 is 1.11 bits per heavy atom. The fourth-order valence-electron chi connectivity index (χ4n) is 4.83. The van der Waals surface area contributed by atoms with Gasteiger partial charge in [0.25, 0.3) is 0 Å². The number of carboxylic acids is 1. The Morgan fingerprint density at radius 3 is 2.37 bits per heavy atom. The van der Waals surface area contributed by atoms with Crippen molar-refractivity contribution in [3.05, 3.63) is 59.7 Å². The van der Waals surface area contributed by atoms with Crippen molar-refractivity contribution < 1.29 is 29.0 Å². The second-order valence-electron chi connectivity index (χ2n) is 9.62.